The van der Waals surface area contributed by atoms with Crippen molar-refractivity contribution in [2.24, 2.45) is 0 Å². The second-order valence-corrected chi connectivity index (χ2v) is 5.10. The van der Waals surface area contributed by atoms with E-state index in [1.807, 2.05) is 26.8 Å². The summed E-state index contributed by atoms with van der Waals surface area (Å²) < 4.78 is 5.58. The van der Waals surface area contributed by atoms with E-state index in [1.165, 1.54) is 0 Å². The van der Waals surface area contributed by atoms with Crippen LogP contribution in [0.1, 0.15) is 26.3 Å². The van der Waals surface area contributed by atoms with Gasteiger partial charge in [0.25, 0.3) is 0 Å². The van der Waals surface area contributed by atoms with Gasteiger partial charge in [0.15, 0.2) is 0 Å². The summed E-state index contributed by atoms with van der Waals surface area (Å²) in [6.45, 7) is 7.34. The number of benzene rings is 1. The Morgan fingerprint density at radius 1 is 1.41 bits per heavy atom. The summed E-state index contributed by atoms with van der Waals surface area (Å²) in [6.07, 6.45) is 0. The second-order valence-electron chi connectivity index (χ2n) is 4.69. The molecular weight excluding hydrogens is 236 g/mol. The lowest BCUT2D eigenvalue weighted by Gasteiger charge is -2.19. The van der Waals surface area contributed by atoms with Gasteiger partial charge < -0.3 is 10.1 Å². The molecule has 0 radical (unpaired) electrons. The maximum atomic E-state index is 8.71. The standard InChI is InChI=1S/C13H17ClN2O/c1-13(2,3)17-7-6-16-12-5-4-10(9-15)8-11(12)14/h4-5,8,16H,6-7H2,1-3H3. The van der Waals surface area contributed by atoms with E-state index < -0.39 is 0 Å². The Hall–Kier alpha value is -1.24. The van der Waals surface area contributed by atoms with Gasteiger partial charge in [0.1, 0.15) is 0 Å². The van der Waals surface area contributed by atoms with Crippen LogP contribution < -0.4 is 5.32 Å². The molecule has 0 saturated carbocycles. The van der Waals surface area contributed by atoms with Gasteiger partial charge in [0, 0.05) is 6.54 Å². The first-order valence-corrected chi connectivity index (χ1v) is 5.87. The maximum Gasteiger partial charge on any atom is 0.0992 e. The normalized spacial score (nSPS) is 11.0. The molecule has 1 N–H and O–H groups in total. The van der Waals surface area contributed by atoms with E-state index in [2.05, 4.69) is 5.32 Å². The van der Waals surface area contributed by atoms with Crippen molar-refractivity contribution in [2.75, 3.05) is 18.5 Å². The van der Waals surface area contributed by atoms with Crippen molar-refractivity contribution in [3.8, 4) is 6.07 Å². The Morgan fingerprint density at radius 2 is 2.12 bits per heavy atom. The fourth-order valence-corrected chi connectivity index (χ4v) is 1.52. The lowest BCUT2D eigenvalue weighted by atomic mass is 10.2. The van der Waals surface area contributed by atoms with Crippen molar-refractivity contribution in [3.63, 3.8) is 0 Å². The molecule has 0 fully saturated rings. The smallest absolute Gasteiger partial charge is 0.0992 e. The Labute approximate surface area is 107 Å². The van der Waals surface area contributed by atoms with Crippen LogP contribution in [-0.2, 0) is 4.74 Å². The Bertz CT molecular complexity index is 418. The molecule has 0 spiro atoms. The summed E-state index contributed by atoms with van der Waals surface area (Å²) >= 11 is 6.02. The number of nitriles is 1. The van der Waals surface area contributed by atoms with E-state index in [1.54, 1.807) is 18.2 Å². The molecule has 1 aromatic carbocycles. The number of hydrogen-bond acceptors (Lipinski definition) is 3. The number of nitrogens with one attached hydrogen (secondary N) is 1. The summed E-state index contributed by atoms with van der Waals surface area (Å²) in [7, 11) is 0. The zero-order chi connectivity index (χ0) is 12.9. The molecular formula is C13H17ClN2O. The molecule has 0 heterocycles. The van der Waals surface area contributed by atoms with Gasteiger partial charge in [-0.05, 0) is 39.0 Å². The van der Waals surface area contributed by atoms with Crippen LogP contribution in [0, 0.1) is 11.3 Å². The van der Waals surface area contributed by atoms with Gasteiger partial charge >= 0.3 is 0 Å². The first-order valence-electron chi connectivity index (χ1n) is 5.50. The zero-order valence-electron chi connectivity index (χ0n) is 10.4. The molecule has 0 amide bonds. The fourth-order valence-electron chi connectivity index (χ4n) is 1.27. The van der Waals surface area contributed by atoms with Crippen molar-refractivity contribution in [2.45, 2.75) is 26.4 Å². The van der Waals surface area contributed by atoms with Crippen LogP contribution >= 0.6 is 11.6 Å². The molecule has 0 unspecified atom stereocenters. The Morgan fingerprint density at radius 3 is 2.65 bits per heavy atom. The van der Waals surface area contributed by atoms with E-state index >= 15 is 0 Å². The third-order valence-corrected chi connectivity index (χ3v) is 2.36. The van der Waals surface area contributed by atoms with Crippen molar-refractivity contribution in [1.29, 1.82) is 5.26 Å². The van der Waals surface area contributed by atoms with E-state index in [4.69, 9.17) is 21.6 Å². The molecule has 0 bridgehead atoms. The minimum Gasteiger partial charge on any atom is -0.382 e. The predicted molar refractivity (Wildman–Crippen MR) is 70.4 cm³/mol. The average molecular weight is 253 g/mol. The van der Waals surface area contributed by atoms with Gasteiger partial charge in [0.05, 0.1) is 34.6 Å². The van der Waals surface area contributed by atoms with Crippen molar-refractivity contribution < 1.29 is 4.74 Å². The average Bonchev–Trinajstić information content (AvgIpc) is 2.24. The molecule has 0 atom stereocenters. The number of halogens is 1. The summed E-state index contributed by atoms with van der Waals surface area (Å²) in [5.74, 6) is 0. The monoisotopic (exact) mass is 252 g/mol. The molecule has 0 aliphatic rings. The largest absolute Gasteiger partial charge is 0.382 e. The van der Waals surface area contributed by atoms with Crippen molar-refractivity contribution in [3.05, 3.63) is 28.8 Å². The Balaban J connectivity index is 2.45. The van der Waals surface area contributed by atoms with Gasteiger partial charge in [0.2, 0.25) is 0 Å². The predicted octanol–water partition coefficient (Wildman–Crippen LogP) is 3.44. The zero-order valence-corrected chi connectivity index (χ0v) is 11.1. The van der Waals surface area contributed by atoms with E-state index in [0.29, 0.717) is 23.7 Å². The molecule has 3 nitrogen and oxygen atoms in total. The highest BCUT2D eigenvalue weighted by molar-refractivity contribution is 6.33. The summed E-state index contributed by atoms with van der Waals surface area (Å²) in [5.41, 5.74) is 1.26. The number of rotatable bonds is 4. The molecule has 4 heteroatoms. The van der Waals surface area contributed by atoms with Crippen LogP contribution in [0.4, 0.5) is 5.69 Å². The molecule has 17 heavy (non-hydrogen) atoms. The molecule has 1 rings (SSSR count). The van der Waals surface area contributed by atoms with Gasteiger partial charge in [-0.1, -0.05) is 11.6 Å². The van der Waals surface area contributed by atoms with E-state index in [0.717, 1.165) is 5.69 Å². The second kappa shape index (κ2) is 5.90. The first kappa shape index (κ1) is 13.8. The van der Waals surface area contributed by atoms with Crippen LogP contribution in [0.5, 0.6) is 0 Å². The lowest BCUT2D eigenvalue weighted by Crippen LogP contribution is -2.23. The van der Waals surface area contributed by atoms with Crippen LogP contribution in [0.2, 0.25) is 5.02 Å². The topological polar surface area (TPSA) is 45.0 Å². The summed E-state index contributed by atoms with van der Waals surface area (Å²) in [4.78, 5) is 0. The number of anilines is 1. The third kappa shape index (κ3) is 5.08. The Kier molecular flexibility index (Phi) is 4.80. The van der Waals surface area contributed by atoms with Gasteiger partial charge in [-0.15, -0.1) is 0 Å². The highest BCUT2D eigenvalue weighted by Gasteiger charge is 2.09. The number of ether oxygens (including phenoxy) is 1. The quantitative estimate of drug-likeness (QED) is 0.835. The molecule has 0 aliphatic heterocycles. The molecule has 0 aromatic heterocycles. The molecule has 0 saturated heterocycles. The highest BCUT2D eigenvalue weighted by Crippen LogP contribution is 2.22. The van der Waals surface area contributed by atoms with E-state index in [9.17, 15) is 0 Å². The van der Waals surface area contributed by atoms with Crippen LogP contribution in [0.25, 0.3) is 0 Å². The summed E-state index contributed by atoms with van der Waals surface area (Å²) in [5, 5.41) is 12.4. The summed E-state index contributed by atoms with van der Waals surface area (Å²) in [6, 6.07) is 7.23. The van der Waals surface area contributed by atoms with Crippen molar-refractivity contribution >= 4 is 17.3 Å². The number of hydrogen-bond donors (Lipinski definition) is 1. The molecule has 0 aliphatic carbocycles. The minimum absolute atomic E-state index is 0.129. The minimum atomic E-state index is -0.129. The number of nitrogens with zero attached hydrogens (tertiary/aromatic N) is 1. The van der Waals surface area contributed by atoms with Crippen LogP contribution in [-0.4, -0.2) is 18.8 Å². The van der Waals surface area contributed by atoms with Gasteiger partial charge in [-0.2, -0.15) is 5.26 Å². The third-order valence-electron chi connectivity index (χ3n) is 2.05. The van der Waals surface area contributed by atoms with Gasteiger partial charge in [-0.3, -0.25) is 0 Å². The maximum absolute atomic E-state index is 8.71. The molecule has 92 valence electrons. The SMILES string of the molecule is CC(C)(C)OCCNc1ccc(C#N)cc1Cl. The van der Waals surface area contributed by atoms with Gasteiger partial charge in [-0.25, -0.2) is 0 Å². The molecule has 1 aromatic rings. The highest BCUT2D eigenvalue weighted by atomic mass is 35.5. The van der Waals surface area contributed by atoms with Crippen LogP contribution in [0.15, 0.2) is 18.2 Å². The van der Waals surface area contributed by atoms with Crippen molar-refractivity contribution in [1.82, 2.24) is 0 Å². The van der Waals surface area contributed by atoms with Crippen LogP contribution in [0.3, 0.4) is 0 Å². The van der Waals surface area contributed by atoms with E-state index in [-0.39, 0.29) is 5.60 Å². The lowest BCUT2D eigenvalue weighted by molar-refractivity contribution is 0.00333. The first-order chi connectivity index (χ1) is 7.92. The fraction of sp³-hybridized carbons (Fsp3) is 0.462.